The lowest BCUT2D eigenvalue weighted by Crippen LogP contribution is -2.32. The molecule has 2 heterocycles. The lowest BCUT2D eigenvalue weighted by molar-refractivity contribution is -0.120. The number of carbonyl (C=O) groups is 2. The Kier molecular flexibility index (Phi) is 4.88. The zero-order chi connectivity index (χ0) is 18.6. The van der Waals surface area contributed by atoms with Crippen molar-refractivity contribution in [3.63, 3.8) is 0 Å². The first-order valence-electron chi connectivity index (χ1n) is 8.45. The van der Waals surface area contributed by atoms with Crippen LogP contribution in [0.4, 0.5) is 11.4 Å². The molecule has 0 aliphatic carbocycles. The van der Waals surface area contributed by atoms with Gasteiger partial charge >= 0.3 is 0 Å². The average Bonchev–Trinajstić information content (AvgIpc) is 3.17. The van der Waals surface area contributed by atoms with Crippen LogP contribution in [-0.4, -0.2) is 31.8 Å². The molecule has 1 atom stereocenters. The van der Waals surface area contributed by atoms with E-state index in [4.69, 9.17) is 0 Å². The van der Waals surface area contributed by atoms with Crippen molar-refractivity contribution in [3.05, 3.63) is 66.7 Å². The Balaban J connectivity index is 1.35. The summed E-state index contributed by atoms with van der Waals surface area (Å²) < 4.78 is 1.73. The summed E-state index contributed by atoms with van der Waals surface area (Å²) in [4.78, 5) is 29.5. The summed E-state index contributed by atoms with van der Waals surface area (Å²) in [5, 5.41) is 9.33. The minimum atomic E-state index is -0.438. The van der Waals surface area contributed by atoms with E-state index in [0.717, 1.165) is 16.1 Å². The van der Waals surface area contributed by atoms with Crippen molar-refractivity contribution in [2.45, 2.75) is 23.1 Å². The Morgan fingerprint density at radius 1 is 1.19 bits per heavy atom. The number of hydrogen-bond donors (Lipinski definition) is 2. The molecule has 0 saturated carbocycles. The van der Waals surface area contributed by atoms with Crippen LogP contribution in [0, 0.1) is 0 Å². The van der Waals surface area contributed by atoms with Gasteiger partial charge in [0.15, 0.2) is 0 Å². The number of anilines is 2. The number of thioether (sulfide) groups is 1. The van der Waals surface area contributed by atoms with Gasteiger partial charge < -0.3 is 10.6 Å². The molecule has 0 spiro atoms. The number of hydrogen-bond acceptors (Lipinski definition) is 5. The van der Waals surface area contributed by atoms with Crippen molar-refractivity contribution < 1.29 is 9.59 Å². The van der Waals surface area contributed by atoms with Crippen molar-refractivity contribution >= 4 is 35.0 Å². The van der Waals surface area contributed by atoms with E-state index in [1.165, 1.54) is 18.1 Å². The van der Waals surface area contributed by atoms with Gasteiger partial charge in [-0.15, -0.1) is 11.8 Å². The van der Waals surface area contributed by atoms with Crippen molar-refractivity contribution in [2.24, 2.45) is 0 Å². The molecule has 0 bridgehead atoms. The highest BCUT2D eigenvalue weighted by Crippen LogP contribution is 2.36. The van der Waals surface area contributed by atoms with Gasteiger partial charge in [0.1, 0.15) is 12.7 Å². The number of carbonyl (C=O) groups excluding carboxylic acids is 2. The van der Waals surface area contributed by atoms with Crippen molar-refractivity contribution in [2.75, 3.05) is 10.6 Å². The van der Waals surface area contributed by atoms with E-state index in [1.54, 1.807) is 11.0 Å². The van der Waals surface area contributed by atoms with E-state index >= 15 is 0 Å². The van der Waals surface area contributed by atoms with Gasteiger partial charge in [0, 0.05) is 17.0 Å². The van der Waals surface area contributed by atoms with E-state index in [1.807, 2.05) is 48.5 Å². The minimum absolute atomic E-state index is 0.117. The normalized spacial score (nSPS) is 15.7. The molecule has 1 aromatic heterocycles. The van der Waals surface area contributed by atoms with Crippen LogP contribution in [0.25, 0.3) is 0 Å². The quantitative estimate of drug-likeness (QED) is 0.712. The molecule has 1 aliphatic heterocycles. The lowest BCUT2D eigenvalue weighted by atomic mass is 10.2. The number of nitrogens with zero attached hydrogens (tertiary/aromatic N) is 3. The van der Waals surface area contributed by atoms with Crippen molar-refractivity contribution in [1.29, 1.82) is 0 Å². The first kappa shape index (κ1) is 17.3. The molecule has 27 heavy (non-hydrogen) atoms. The molecule has 136 valence electrons. The Bertz CT molecular complexity index is 956. The highest BCUT2D eigenvalue weighted by atomic mass is 32.2. The molecule has 2 N–H and O–H groups in total. The largest absolute Gasteiger partial charge is 0.326 e. The first-order valence-corrected chi connectivity index (χ1v) is 9.33. The molecule has 0 saturated heterocycles. The Morgan fingerprint density at radius 3 is 2.78 bits per heavy atom. The van der Waals surface area contributed by atoms with Crippen LogP contribution in [0.1, 0.15) is 12.0 Å². The standard InChI is InChI=1S/C19H17N5O2S/c25-18(9-17-19(26)23-15-3-1-2-4-16(15)27-17)22-14-7-5-13(6-8-14)10-24-12-20-11-21-24/h1-8,11-12,17H,9-10H2,(H,22,25)(H,23,26). The molecule has 4 rings (SSSR count). The molecule has 1 aliphatic rings. The van der Waals surface area contributed by atoms with Gasteiger partial charge in [0.25, 0.3) is 0 Å². The van der Waals surface area contributed by atoms with E-state index in [0.29, 0.717) is 12.2 Å². The van der Waals surface area contributed by atoms with Crippen LogP contribution in [-0.2, 0) is 16.1 Å². The topological polar surface area (TPSA) is 88.9 Å². The first-order chi connectivity index (χ1) is 13.2. The maximum absolute atomic E-state index is 12.4. The molecule has 0 fully saturated rings. The molecule has 1 unspecified atom stereocenters. The fourth-order valence-corrected chi connectivity index (χ4v) is 3.91. The maximum atomic E-state index is 12.4. The molecule has 2 aromatic carbocycles. The zero-order valence-corrected chi connectivity index (χ0v) is 15.1. The lowest BCUT2D eigenvalue weighted by Gasteiger charge is -2.23. The third-order valence-corrected chi connectivity index (χ3v) is 5.40. The van der Waals surface area contributed by atoms with Crippen LogP contribution in [0.3, 0.4) is 0 Å². The summed E-state index contributed by atoms with van der Waals surface area (Å²) in [5.74, 6) is -0.330. The second-order valence-corrected chi connectivity index (χ2v) is 7.38. The fourth-order valence-electron chi connectivity index (χ4n) is 2.80. The number of nitrogens with one attached hydrogen (secondary N) is 2. The molecule has 0 radical (unpaired) electrons. The number of amides is 2. The van der Waals surface area contributed by atoms with Gasteiger partial charge in [0.05, 0.1) is 17.5 Å². The van der Waals surface area contributed by atoms with Gasteiger partial charge in [-0.25, -0.2) is 9.67 Å². The van der Waals surface area contributed by atoms with E-state index in [2.05, 4.69) is 20.7 Å². The van der Waals surface area contributed by atoms with Crippen LogP contribution >= 0.6 is 11.8 Å². The highest BCUT2D eigenvalue weighted by Gasteiger charge is 2.28. The average molecular weight is 379 g/mol. The summed E-state index contributed by atoms with van der Waals surface area (Å²) in [5.41, 5.74) is 2.55. The highest BCUT2D eigenvalue weighted by molar-refractivity contribution is 8.01. The van der Waals surface area contributed by atoms with Crippen LogP contribution in [0.2, 0.25) is 0 Å². The van der Waals surface area contributed by atoms with Crippen molar-refractivity contribution in [1.82, 2.24) is 14.8 Å². The minimum Gasteiger partial charge on any atom is -0.326 e. The van der Waals surface area contributed by atoms with Crippen LogP contribution in [0.5, 0.6) is 0 Å². The summed E-state index contributed by atoms with van der Waals surface area (Å²) >= 11 is 1.42. The summed E-state index contributed by atoms with van der Waals surface area (Å²) in [7, 11) is 0. The molecule has 3 aromatic rings. The molecule has 8 heteroatoms. The van der Waals surface area contributed by atoms with Gasteiger partial charge in [-0.1, -0.05) is 24.3 Å². The monoisotopic (exact) mass is 379 g/mol. The Hall–Kier alpha value is -3.13. The van der Waals surface area contributed by atoms with Crippen LogP contribution in [0.15, 0.2) is 66.1 Å². The Labute approximate surface area is 160 Å². The molecule has 7 nitrogen and oxygen atoms in total. The van der Waals surface area contributed by atoms with Gasteiger partial charge in [0.2, 0.25) is 11.8 Å². The predicted molar refractivity (Wildman–Crippen MR) is 104 cm³/mol. The number of rotatable bonds is 5. The summed E-state index contributed by atoms with van der Waals surface area (Å²) in [6.07, 6.45) is 3.26. The number of fused-ring (bicyclic) bond motifs is 1. The third kappa shape index (κ3) is 4.17. The number of aromatic nitrogens is 3. The summed E-state index contributed by atoms with van der Waals surface area (Å²) in [6, 6.07) is 15.1. The SMILES string of the molecule is O=C(CC1Sc2ccccc2NC1=O)Nc1ccc(Cn2cncn2)cc1. The maximum Gasteiger partial charge on any atom is 0.238 e. The van der Waals surface area contributed by atoms with Gasteiger partial charge in [-0.05, 0) is 29.8 Å². The second kappa shape index (κ2) is 7.63. The molecular weight excluding hydrogens is 362 g/mol. The third-order valence-electron chi connectivity index (χ3n) is 4.13. The number of para-hydroxylation sites is 1. The van der Waals surface area contributed by atoms with Crippen molar-refractivity contribution in [3.8, 4) is 0 Å². The van der Waals surface area contributed by atoms with E-state index < -0.39 is 5.25 Å². The predicted octanol–water partition coefficient (Wildman–Crippen LogP) is 2.77. The molecular formula is C19H17N5O2S. The fraction of sp³-hybridized carbons (Fsp3) is 0.158. The van der Waals surface area contributed by atoms with E-state index in [-0.39, 0.29) is 18.2 Å². The number of benzene rings is 2. The second-order valence-electron chi connectivity index (χ2n) is 6.13. The summed E-state index contributed by atoms with van der Waals surface area (Å²) in [6.45, 7) is 0.618. The van der Waals surface area contributed by atoms with Crippen LogP contribution < -0.4 is 10.6 Å². The molecule has 2 amide bonds. The smallest absolute Gasteiger partial charge is 0.238 e. The zero-order valence-electron chi connectivity index (χ0n) is 14.3. The van der Waals surface area contributed by atoms with Gasteiger partial charge in [-0.3, -0.25) is 9.59 Å². The Morgan fingerprint density at radius 2 is 2.00 bits per heavy atom. The van der Waals surface area contributed by atoms with Gasteiger partial charge in [-0.2, -0.15) is 5.10 Å². The van der Waals surface area contributed by atoms with E-state index in [9.17, 15) is 9.59 Å².